The zero-order chi connectivity index (χ0) is 17.7. The molecule has 2 rings (SSSR count). The average molecular weight is 326 g/mol. The molecule has 0 spiro atoms. The van der Waals surface area contributed by atoms with Gasteiger partial charge in [0.2, 0.25) is 0 Å². The van der Waals surface area contributed by atoms with E-state index in [2.05, 4.69) is 77.9 Å². The summed E-state index contributed by atoms with van der Waals surface area (Å²) in [6, 6.07) is 12.8. The van der Waals surface area contributed by atoms with Gasteiger partial charge >= 0.3 is 0 Å². The maximum Gasteiger partial charge on any atom is 0.123 e. The summed E-state index contributed by atoms with van der Waals surface area (Å²) in [5.41, 5.74) is 4.94. The van der Waals surface area contributed by atoms with Crippen LogP contribution in [0, 0.1) is 13.8 Å². The second-order valence-electron chi connectivity index (χ2n) is 7.09. The van der Waals surface area contributed by atoms with E-state index >= 15 is 0 Å². The Hall–Kier alpha value is -1.96. The van der Waals surface area contributed by atoms with E-state index in [9.17, 15) is 0 Å². The Morgan fingerprint density at radius 3 is 1.38 bits per heavy atom. The SMILES string of the molecule is Cc1ccc(C(C)C)c(OCCOc2cc(C)ccc2C(C)C)c1. The van der Waals surface area contributed by atoms with Crippen LogP contribution in [0.4, 0.5) is 0 Å². The second-order valence-corrected chi connectivity index (χ2v) is 7.09. The van der Waals surface area contributed by atoms with Crippen molar-refractivity contribution in [1.82, 2.24) is 0 Å². The van der Waals surface area contributed by atoms with Crippen molar-refractivity contribution >= 4 is 0 Å². The summed E-state index contributed by atoms with van der Waals surface area (Å²) < 4.78 is 12.0. The molecule has 24 heavy (non-hydrogen) atoms. The topological polar surface area (TPSA) is 18.5 Å². The van der Waals surface area contributed by atoms with Crippen LogP contribution in [0.25, 0.3) is 0 Å². The summed E-state index contributed by atoms with van der Waals surface area (Å²) in [6.07, 6.45) is 0. The van der Waals surface area contributed by atoms with Gasteiger partial charge in [-0.2, -0.15) is 0 Å². The third-order valence-electron chi connectivity index (χ3n) is 4.18. The summed E-state index contributed by atoms with van der Waals surface area (Å²) in [4.78, 5) is 0. The van der Waals surface area contributed by atoms with Gasteiger partial charge in [-0.15, -0.1) is 0 Å². The molecule has 0 bridgehead atoms. The molecule has 130 valence electrons. The summed E-state index contributed by atoms with van der Waals surface area (Å²) in [5, 5.41) is 0. The lowest BCUT2D eigenvalue weighted by Crippen LogP contribution is -2.11. The van der Waals surface area contributed by atoms with Crippen LogP contribution in [0.3, 0.4) is 0 Å². The Morgan fingerprint density at radius 1 is 0.667 bits per heavy atom. The number of rotatable bonds is 7. The van der Waals surface area contributed by atoms with Gasteiger partial charge in [0.05, 0.1) is 0 Å². The fourth-order valence-corrected chi connectivity index (χ4v) is 2.79. The van der Waals surface area contributed by atoms with Crippen molar-refractivity contribution in [1.29, 1.82) is 0 Å². The minimum atomic E-state index is 0.450. The lowest BCUT2D eigenvalue weighted by Gasteiger charge is -2.17. The van der Waals surface area contributed by atoms with E-state index in [4.69, 9.17) is 9.47 Å². The molecule has 0 heterocycles. The molecular formula is C22H30O2. The fraction of sp³-hybridized carbons (Fsp3) is 0.455. The fourth-order valence-electron chi connectivity index (χ4n) is 2.79. The van der Waals surface area contributed by atoms with E-state index in [-0.39, 0.29) is 0 Å². The van der Waals surface area contributed by atoms with Gasteiger partial charge in [-0.3, -0.25) is 0 Å². The second kappa shape index (κ2) is 8.23. The number of aryl methyl sites for hydroxylation is 2. The minimum absolute atomic E-state index is 0.450. The Bertz CT molecular complexity index is 612. The van der Waals surface area contributed by atoms with Gasteiger partial charge < -0.3 is 9.47 Å². The van der Waals surface area contributed by atoms with Crippen LogP contribution >= 0.6 is 0 Å². The maximum atomic E-state index is 6.01. The van der Waals surface area contributed by atoms with Crippen LogP contribution in [0.5, 0.6) is 11.5 Å². The summed E-state index contributed by atoms with van der Waals surface area (Å²) in [5.74, 6) is 2.85. The maximum absolute atomic E-state index is 6.01. The Morgan fingerprint density at radius 2 is 1.04 bits per heavy atom. The first-order valence-electron chi connectivity index (χ1n) is 8.85. The van der Waals surface area contributed by atoms with Crippen molar-refractivity contribution in [3.05, 3.63) is 58.7 Å². The quantitative estimate of drug-likeness (QED) is 0.580. The molecule has 0 amide bonds. The van der Waals surface area contributed by atoms with Crippen LogP contribution in [0.2, 0.25) is 0 Å². The van der Waals surface area contributed by atoms with Crippen LogP contribution in [-0.2, 0) is 0 Å². The molecule has 0 atom stereocenters. The molecule has 0 aliphatic heterocycles. The molecule has 0 fully saturated rings. The van der Waals surface area contributed by atoms with Gasteiger partial charge in [0.15, 0.2) is 0 Å². The highest BCUT2D eigenvalue weighted by atomic mass is 16.5. The smallest absolute Gasteiger partial charge is 0.123 e. The predicted molar refractivity (Wildman–Crippen MR) is 102 cm³/mol. The van der Waals surface area contributed by atoms with Crippen LogP contribution < -0.4 is 9.47 Å². The van der Waals surface area contributed by atoms with Crippen LogP contribution in [-0.4, -0.2) is 13.2 Å². The zero-order valence-electron chi connectivity index (χ0n) is 15.8. The summed E-state index contributed by atoms with van der Waals surface area (Å²) in [6.45, 7) is 14.0. The highest BCUT2D eigenvalue weighted by Crippen LogP contribution is 2.29. The highest BCUT2D eigenvalue weighted by Gasteiger charge is 2.10. The third kappa shape index (κ3) is 4.77. The first kappa shape index (κ1) is 18.4. The van der Waals surface area contributed by atoms with E-state index in [0.717, 1.165) is 11.5 Å². The van der Waals surface area contributed by atoms with E-state index in [1.165, 1.54) is 22.3 Å². The summed E-state index contributed by atoms with van der Waals surface area (Å²) >= 11 is 0. The van der Waals surface area contributed by atoms with Crippen LogP contribution in [0.15, 0.2) is 36.4 Å². The van der Waals surface area contributed by atoms with Crippen molar-refractivity contribution in [3.8, 4) is 11.5 Å². The Balaban J connectivity index is 1.99. The van der Waals surface area contributed by atoms with E-state index in [1.807, 2.05) is 0 Å². The molecule has 0 aliphatic rings. The molecular weight excluding hydrogens is 296 g/mol. The number of ether oxygens (including phenoxy) is 2. The van der Waals surface area contributed by atoms with Crippen molar-refractivity contribution in [2.24, 2.45) is 0 Å². The van der Waals surface area contributed by atoms with E-state index in [1.54, 1.807) is 0 Å². The average Bonchev–Trinajstić information content (AvgIpc) is 2.51. The zero-order valence-corrected chi connectivity index (χ0v) is 15.8. The van der Waals surface area contributed by atoms with E-state index < -0.39 is 0 Å². The Kier molecular flexibility index (Phi) is 6.30. The predicted octanol–water partition coefficient (Wildman–Crippen LogP) is 6.01. The molecule has 2 nitrogen and oxygen atoms in total. The van der Waals surface area contributed by atoms with Gasteiger partial charge in [-0.25, -0.2) is 0 Å². The van der Waals surface area contributed by atoms with Gasteiger partial charge in [0.25, 0.3) is 0 Å². The van der Waals surface area contributed by atoms with Gasteiger partial charge in [0, 0.05) is 0 Å². The monoisotopic (exact) mass is 326 g/mol. The lowest BCUT2D eigenvalue weighted by molar-refractivity contribution is 0.214. The first-order chi connectivity index (χ1) is 11.4. The highest BCUT2D eigenvalue weighted by molar-refractivity contribution is 5.40. The molecule has 2 heteroatoms. The molecule has 0 saturated heterocycles. The molecule has 0 saturated carbocycles. The van der Waals surface area contributed by atoms with E-state index in [0.29, 0.717) is 25.0 Å². The van der Waals surface area contributed by atoms with Gasteiger partial charge in [-0.05, 0) is 60.1 Å². The molecule has 0 radical (unpaired) electrons. The van der Waals surface area contributed by atoms with Crippen molar-refractivity contribution < 1.29 is 9.47 Å². The molecule has 0 N–H and O–H groups in total. The van der Waals surface area contributed by atoms with Crippen molar-refractivity contribution in [3.63, 3.8) is 0 Å². The van der Waals surface area contributed by atoms with Crippen molar-refractivity contribution in [2.75, 3.05) is 13.2 Å². The van der Waals surface area contributed by atoms with Gasteiger partial charge in [0.1, 0.15) is 24.7 Å². The minimum Gasteiger partial charge on any atom is -0.490 e. The molecule has 0 unspecified atom stereocenters. The number of hydrogen-bond donors (Lipinski definition) is 0. The van der Waals surface area contributed by atoms with Gasteiger partial charge in [-0.1, -0.05) is 52.0 Å². The molecule has 0 aromatic heterocycles. The third-order valence-corrected chi connectivity index (χ3v) is 4.18. The Labute approximate surface area is 146 Å². The molecule has 2 aromatic rings. The molecule has 0 aliphatic carbocycles. The summed E-state index contributed by atoms with van der Waals surface area (Å²) in [7, 11) is 0. The lowest BCUT2D eigenvalue weighted by atomic mass is 10.0. The number of hydrogen-bond acceptors (Lipinski definition) is 2. The standard InChI is InChI=1S/C22H30O2/c1-15(2)19-9-7-17(5)13-21(19)23-11-12-24-22-14-18(6)8-10-20(22)16(3)4/h7-10,13-16H,11-12H2,1-6H3. The normalized spacial score (nSPS) is 11.2. The van der Waals surface area contributed by atoms with Crippen LogP contribution in [0.1, 0.15) is 61.8 Å². The molecule has 2 aromatic carbocycles. The number of benzene rings is 2. The largest absolute Gasteiger partial charge is 0.490 e. The first-order valence-corrected chi connectivity index (χ1v) is 8.85. The van der Waals surface area contributed by atoms with Crippen molar-refractivity contribution in [2.45, 2.75) is 53.4 Å².